The minimum atomic E-state index is -1.11. The van der Waals surface area contributed by atoms with Gasteiger partial charge in [0.15, 0.2) is 5.69 Å². The van der Waals surface area contributed by atoms with Crippen LogP contribution >= 0.6 is 0 Å². The van der Waals surface area contributed by atoms with Gasteiger partial charge in [-0.15, -0.1) is 0 Å². The van der Waals surface area contributed by atoms with E-state index in [2.05, 4.69) is 10.3 Å². The fourth-order valence-corrected chi connectivity index (χ4v) is 0.885. The molecule has 0 fully saturated rings. The quantitative estimate of drug-likeness (QED) is 0.580. The minimum Gasteiger partial charge on any atom is -0.476 e. The Labute approximate surface area is 80.6 Å². The van der Waals surface area contributed by atoms with E-state index in [1.807, 2.05) is 0 Å². The van der Waals surface area contributed by atoms with E-state index in [0.29, 0.717) is 13.0 Å². The average Bonchev–Trinajstić information content (AvgIpc) is 2.61. The topological polar surface area (TPSA) is 95.6 Å². The molecule has 78 valence electrons. The number of nitrogens with one attached hydrogen (secondary N) is 1. The Bertz CT molecular complexity index is 297. The largest absolute Gasteiger partial charge is 0.476 e. The van der Waals surface area contributed by atoms with Crippen molar-refractivity contribution in [3.05, 3.63) is 12.0 Å². The van der Waals surface area contributed by atoms with Crippen LogP contribution in [0.5, 0.6) is 0 Å². The molecule has 0 aliphatic heterocycles. The monoisotopic (exact) mass is 200 g/mol. The van der Waals surface area contributed by atoms with Crippen LogP contribution in [0.15, 0.2) is 10.7 Å². The number of carboxylic acid groups (broad SMARTS) is 1. The number of hydrogen-bond donors (Lipinski definition) is 3. The maximum absolute atomic E-state index is 10.4. The fraction of sp³-hybridized carbons (Fsp3) is 0.500. The SMILES string of the molecule is O=C(O)c1coc(NCCCCO)n1. The smallest absolute Gasteiger partial charge is 0.357 e. The van der Waals surface area contributed by atoms with Gasteiger partial charge in [-0.3, -0.25) is 0 Å². The maximum atomic E-state index is 10.4. The number of aliphatic hydroxyl groups excluding tert-OH is 1. The van der Waals surface area contributed by atoms with Gasteiger partial charge in [-0.2, -0.15) is 4.98 Å². The van der Waals surface area contributed by atoms with Gasteiger partial charge >= 0.3 is 5.97 Å². The van der Waals surface area contributed by atoms with Gasteiger partial charge in [-0.25, -0.2) is 4.79 Å². The number of nitrogens with zero attached hydrogens (tertiary/aromatic N) is 1. The van der Waals surface area contributed by atoms with Gasteiger partial charge in [0.1, 0.15) is 6.26 Å². The summed E-state index contributed by atoms with van der Waals surface area (Å²) in [7, 11) is 0. The van der Waals surface area contributed by atoms with Crippen molar-refractivity contribution < 1.29 is 19.4 Å². The first-order valence-corrected chi connectivity index (χ1v) is 4.27. The zero-order valence-corrected chi connectivity index (χ0v) is 7.56. The molecule has 0 radical (unpaired) electrons. The second-order valence-corrected chi connectivity index (χ2v) is 2.70. The molecule has 1 aromatic rings. The van der Waals surface area contributed by atoms with Gasteiger partial charge in [-0.05, 0) is 12.8 Å². The number of oxazole rings is 1. The number of unbranched alkanes of at least 4 members (excludes halogenated alkanes) is 1. The molecule has 0 unspecified atom stereocenters. The highest BCUT2D eigenvalue weighted by molar-refractivity contribution is 5.85. The van der Waals surface area contributed by atoms with Crippen LogP contribution in [0.2, 0.25) is 0 Å². The van der Waals surface area contributed by atoms with Gasteiger partial charge in [0.05, 0.1) is 0 Å². The summed E-state index contributed by atoms with van der Waals surface area (Å²) in [6.07, 6.45) is 2.55. The van der Waals surface area contributed by atoms with E-state index in [-0.39, 0.29) is 18.3 Å². The van der Waals surface area contributed by atoms with Crippen molar-refractivity contribution in [2.45, 2.75) is 12.8 Å². The van der Waals surface area contributed by atoms with E-state index in [1.165, 1.54) is 0 Å². The molecular formula is C8H12N2O4. The summed E-state index contributed by atoms with van der Waals surface area (Å²) in [6, 6.07) is 0.195. The molecule has 1 rings (SSSR count). The van der Waals surface area contributed by atoms with E-state index in [4.69, 9.17) is 14.6 Å². The number of aliphatic hydroxyl groups is 1. The first-order chi connectivity index (χ1) is 6.74. The highest BCUT2D eigenvalue weighted by Gasteiger charge is 2.09. The van der Waals surface area contributed by atoms with Crippen molar-refractivity contribution in [2.75, 3.05) is 18.5 Å². The number of aromatic carboxylic acids is 1. The van der Waals surface area contributed by atoms with E-state index >= 15 is 0 Å². The van der Waals surface area contributed by atoms with Crippen LogP contribution in [0.1, 0.15) is 23.3 Å². The maximum Gasteiger partial charge on any atom is 0.357 e. The Morgan fingerprint density at radius 3 is 2.93 bits per heavy atom. The lowest BCUT2D eigenvalue weighted by Crippen LogP contribution is -2.03. The molecule has 0 amide bonds. The lowest BCUT2D eigenvalue weighted by atomic mass is 10.3. The van der Waals surface area contributed by atoms with Crippen LogP contribution in [0.4, 0.5) is 6.01 Å². The Hall–Kier alpha value is -1.56. The van der Waals surface area contributed by atoms with Gasteiger partial charge in [0, 0.05) is 13.2 Å². The third-order valence-electron chi connectivity index (χ3n) is 1.58. The van der Waals surface area contributed by atoms with E-state index in [0.717, 1.165) is 12.7 Å². The molecular weight excluding hydrogens is 188 g/mol. The zero-order chi connectivity index (χ0) is 10.4. The standard InChI is InChI=1S/C8H12N2O4/c11-4-2-1-3-9-8-10-6(5-14-8)7(12)13/h5,11H,1-4H2,(H,9,10)(H,12,13). The number of anilines is 1. The van der Waals surface area contributed by atoms with Crippen LogP contribution in [0, 0.1) is 0 Å². The minimum absolute atomic E-state index is 0.116. The number of aromatic nitrogens is 1. The normalized spacial score (nSPS) is 10.1. The second-order valence-electron chi connectivity index (χ2n) is 2.70. The summed E-state index contributed by atoms with van der Waals surface area (Å²) >= 11 is 0. The molecule has 0 bridgehead atoms. The molecule has 6 nitrogen and oxygen atoms in total. The molecule has 6 heteroatoms. The zero-order valence-electron chi connectivity index (χ0n) is 7.56. The van der Waals surface area contributed by atoms with Crippen molar-refractivity contribution in [3.8, 4) is 0 Å². The van der Waals surface area contributed by atoms with Crippen LogP contribution in [0.25, 0.3) is 0 Å². The van der Waals surface area contributed by atoms with Crippen LogP contribution in [0.3, 0.4) is 0 Å². The van der Waals surface area contributed by atoms with Crippen LogP contribution in [-0.4, -0.2) is 34.3 Å². The molecule has 0 aromatic carbocycles. The molecule has 14 heavy (non-hydrogen) atoms. The third kappa shape index (κ3) is 3.06. The van der Waals surface area contributed by atoms with Crippen molar-refractivity contribution in [3.63, 3.8) is 0 Å². The molecule has 0 spiro atoms. The lowest BCUT2D eigenvalue weighted by molar-refractivity contribution is 0.0690. The number of rotatable bonds is 6. The fourth-order valence-electron chi connectivity index (χ4n) is 0.885. The molecule has 1 aromatic heterocycles. The molecule has 0 saturated heterocycles. The summed E-state index contributed by atoms with van der Waals surface area (Å²) in [6.45, 7) is 0.744. The van der Waals surface area contributed by atoms with Gasteiger partial charge in [0.25, 0.3) is 6.01 Å². The molecule has 0 aliphatic rings. The molecule has 3 N–H and O–H groups in total. The summed E-state index contributed by atoms with van der Waals surface area (Å²) in [5, 5.41) is 19.8. The highest BCUT2D eigenvalue weighted by Crippen LogP contribution is 2.07. The first-order valence-electron chi connectivity index (χ1n) is 4.27. The summed E-state index contributed by atoms with van der Waals surface area (Å²) in [5.74, 6) is -1.11. The Balaban J connectivity index is 2.33. The average molecular weight is 200 g/mol. The number of carbonyl (C=O) groups is 1. The van der Waals surface area contributed by atoms with Gasteiger partial charge in [0.2, 0.25) is 0 Å². The first kappa shape index (κ1) is 10.5. The lowest BCUT2D eigenvalue weighted by Gasteiger charge is -1.98. The second kappa shape index (κ2) is 5.23. The Morgan fingerprint density at radius 2 is 2.36 bits per heavy atom. The highest BCUT2D eigenvalue weighted by atomic mass is 16.4. The summed E-state index contributed by atoms with van der Waals surface area (Å²) < 4.78 is 4.84. The van der Waals surface area contributed by atoms with Crippen LogP contribution < -0.4 is 5.32 Å². The van der Waals surface area contributed by atoms with Crippen LogP contribution in [-0.2, 0) is 0 Å². The predicted molar refractivity (Wildman–Crippen MR) is 48.3 cm³/mol. The van der Waals surface area contributed by atoms with Crippen molar-refractivity contribution in [1.29, 1.82) is 0 Å². The predicted octanol–water partition coefficient (Wildman–Crippen LogP) is 0.557. The molecule has 0 atom stereocenters. The number of carboxylic acids is 1. The molecule has 0 saturated carbocycles. The third-order valence-corrected chi connectivity index (χ3v) is 1.58. The van der Waals surface area contributed by atoms with E-state index in [9.17, 15) is 4.79 Å². The summed E-state index contributed by atoms with van der Waals surface area (Å²) in [4.78, 5) is 14.1. The Kier molecular flexibility index (Phi) is 3.93. The van der Waals surface area contributed by atoms with Gasteiger partial charge in [-0.1, -0.05) is 0 Å². The van der Waals surface area contributed by atoms with Crippen molar-refractivity contribution >= 4 is 12.0 Å². The van der Waals surface area contributed by atoms with E-state index in [1.54, 1.807) is 0 Å². The van der Waals surface area contributed by atoms with E-state index < -0.39 is 5.97 Å². The molecule has 0 aliphatic carbocycles. The molecule has 1 heterocycles. The summed E-state index contributed by atoms with van der Waals surface area (Å²) in [5.41, 5.74) is -0.116. The van der Waals surface area contributed by atoms with Crippen molar-refractivity contribution in [2.24, 2.45) is 0 Å². The van der Waals surface area contributed by atoms with Gasteiger partial charge < -0.3 is 19.9 Å². The number of hydrogen-bond acceptors (Lipinski definition) is 5. The van der Waals surface area contributed by atoms with Crippen molar-refractivity contribution in [1.82, 2.24) is 4.98 Å². The Morgan fingerprint density at radius 1 is 1.57 bits per heavy atom.